The van der Waals surface area contributed by atoms with Gasteiger partial charge < -0.3 is 14.6 Å². The Balaban J connectivity index is 3.23. The minimum Gasteiger partial charge on any atom is -0.469 e. The molecule has 0 radical (unpaired) electrons. The van der Waals surface area contributed by atoms with Crippen molar-refractivity contribution in [2.75, 3.05) is 20.3 Å². The molecule has 0 fully saturated rings. The molecule has 0 aliphatic rings. The van der Waals surface area contributed by atoms with Crippen LogP contribution in [0.25, 0.3) is 0 Å². The van der Waals surface area contributed by atoms with E-state index >= 15 is 0 Å². The normalized spacial score (nSPS) is 12.5. The number of hydrogen-bond acceptors (Lipinski definition) is 4. The number of ether oxygens (including phenoxy) is 2. The van der Waals surface area contributed by atoms with Crippen molar-refractivity contribution < 1.29 is 19.4 Å². The number of esters is 1. The van der Waals surface area contributed by atoms with Gasteiger partial charge in [0.1, 0.15) is 0 Å². The third-order valence-electron chi connectivity index (χ3n) is 2.20. The highest BCUT2D eigenvalue weighted by Gasteiger charge is 2.05. The lowest BCUT2D eigenvalue weighted by atomic mass is 10.1. The standard InChI is InChI=1S/C11H22O4/c1-3-15-9-8-10(12)6-4-5-7-11(13)14-2/h10,12H,3-9H2,1-2H3/t10-/m0/s1. The van der Waals surface area contributed by atoms with Gasteiger partial charge in [-0.15, -0.1) is 0 Å². The summed E-state index contributed by atoms with van der Waals surface area (Å²) in [5.41, 5.74) is 0. The van der Waals surface area contributed by atoms with Gasteiger partial charge in [0.15, 0.2) is 0 Å². The second-order valence-corrected chi connectivity index (χ2v) is 3.46. The van der Waals surface area contributed by atoms with E-state index in [2.05, 4.69) is 4.74 Å². The van der Waals surface area contributed by atoms with E-state index in [1.54, 1.807) is 0 Å². The third-order valence-corrected chi connectivity index (χ3v) is 2.20. The van der Waals surface area contributed by atoms with E-state index in [9.17, 15) is 9.90 Å². The molecule has 0 rings (SSSR count). The van der Waals surface area contributed by atoms with Gasteiger partial charge in [-0.3, -0.25) is 4.79 Å². The highest BCUT2D eigenvalue weighted by atomic mass is 16.5. The van der Waals surface area contributed by atoms with Crippen LogP contribution in [0.4, 0.5) is 0 Å². The maximum atomic E-state index is 10.8. The monoisotopic (exact) mass is 218 g/mol. The van der Waals surface area contributed by atoms with Crippen LogP contribution in [0.15, 0.2) is 0 Å². The Morgan fingerprint density at radius 2 is 2.07 bits per heavy atom. The predicted octanol–water partition coefficient (Wildman–Crippen LogP) is 1.51. The minimum absolute atomic E-state index is 0.182. The summed E-state index contributed by atoms with van der Waals surface area (Å²) in [7, 11) is 1.39. The first-order chi connectivity index (χ1) is 7.20. The molecule has 0 bridgehead atoms. The Bertz CT molecular complexity index is 159. The summed E-state index contributed by atoms with van der Waals surface area (Å²) >= 11 is 0. The van der Waals surface area contributed by atoms with E-state index < -0.39 is 0 Å². The van der Waals surface area contributed by atoms with Gasteiger partial charge >= 0.3 is 5.97 Å². The molecule has 1 N–H and O–H groups in total. The van der Waals surface area contributed by atoms with Crippen molar-refractivity contribution in [2.24, 2.45) is 0 Å². The Hall–Kier alpha value is -0.610. The molecular weight excluding hydrogens is 196 g/mol. The Kier molecular flexibility index (Phi) is 9.52. The molecule has 0 aromatic rings. The van der Waals surface area contributed by atoms with Crippen LogP contribution in [0.1, 0.15) is 39.0 Å². The van der Waals surface area contributed by atoms with Gasteiger partial charge in [0.2, 0.25) is 0 Å². The number of methoxy groups -OCH3 is 1. The number of aliphatic hydroxyl groups is 1. The Labute approximate surface area is 91.6 Å². The number of unbranched alkanes of at least 4 members (excludes halogenated alkanes) is 1. The molecule has 0 aromatic heterocycles. The molecule has 1 atom stereocenters. The summed E-state index contributed by atoms with van der Waals surface area (Å²) in [5.74, 6) is -0.182. The lowest BCUT2D eigenvalue weighted by molar-refractivity contribution is -0.140. The second kappa shape index (κ2) is 9.93. The topological polar surface area (TPSA) is 55.8 Å². The summed E-state index contributed by atoms with van der Waals surface area (Å²) in [6.45, 7) is 3.23. The Morgan fingerprint density at radius 1 is 1.33 bits per heavy atom. The lowest BCUT2D eigenvalue weighted by Crippen LogP contribution is -2.10. The van der Waals surface area contributed by atoms with Crippen molar-refractivity contribution in [1.82, 2.24) is 0 Å². The summed E-state index contributed by atoms with van der Waals surface area (Å²) in [5, 5.41) is 9.50. The summed E-state index contributed by atoms with van der Waals surface area (Å²) in [6, 6.07) is 0. The van der Waals surface area contributed by atoms with Gasteiger partial charge in [0, 0.05) is 19.6 Å². The van der Waals surface area contributed by atoms with Crippen molar-refractivity contribution in [1.29, 1.82) is 0 Å². The van der Waals surface area contributed by atoms with E-state index in [1.165, 1.54) is 7.11 Å². The molecule has 0 spiro atoms. The largest absolute Gasteiger partial charge is 0.469 e. The zero-order valence-corrected chi connectivity index (χ0v) is 9.70. The molecular formula is C11H22O4. The molecule has 0 amide bonds. The highest BCUT2D eigenvalue weighted by Crippen LogP contribution is 2.07. The van der Waals surface area contributed by atoms with Gasteiger partial charge in [-0.25, -0.2) is 0 Å². The van der Waals surface area contributed by atoms with Crippen molar-refractivity contribution in [3.8, 4) is 0 Å². The summed E-state index contributed by atoms with van der Waals surface area (Å²) in [6.07, 6.45) is 3.15. The molecule has 0 aromatic carbocycles. The molecule has 0 saturated heterocycles. The van der Waals surface area contributed by atoms with Crippen LogP contribution in [0.2, 0.25) is 0 Å². The zero-order chi connectivity index (χ0) is 11.5. The van der Waals surface area contributed by atoms with Crippen molar-refractivity contribution in [3.63, 3.8) is 0 Å². The first-order valence-corrected chi connectivity index (χ1v) is 5.53. The van der Waals surface area contributed by atoms with Crippen LogP contribution < -0.4 is 0 Å². The van der Waals surface area contributed by atoms with E-state index in [4.69, 9.17) is 4.74 Å². The van der Waals surface area contributed by atoms with E-state index in [-0.39, 0.29) is 12.1 Å². The molecule has 0 aliphatic heterocycles. The first-order valence-electron chi connectivity index (χ1n) is 5.53. The number of carbonyl (C=O) groups is 1. The average molecular weight is 218 g/mol. The van der Waals surface area contributed by atoms with Crippen molar-refractivity contribution in [3.05, 3.63) is 0 Å². The van der Waals surface area contributed by atoms with Crippen molar-refractivity contribution in [2.45, 2.75) is 45.1 Å². The molecule has 4 nitrogen and oxygen atoms in total. The SMILES string of the molecule is CCOCC[C@@H](O)CCCCC(=O)OC. The van der Waals surface area contributed by atoms with Gasteiger partial charge in [0.25, 0.3) is 0 Å². The average Bonchev–Trinajstić information content (AvgIpc) is 2.24. The quantitative estimate of drug-likeness (QED) is 0.471. The van der Waals surface area contributed by atoms with Gasteiger partial charge in [-0.2, -0.15) is 0 Å². The maximum Gasteiger partial charge on any atom is 0.305 e. The van der Waals surface area contributed by atoms with E-state index in [1.807, 2.05) is 6.92 Å². The number of aliphatic hydroxyl groups excluding tert-OH is 1. The number of hydrogen-bond donors (Lipinski definition) is 1. The molecule has 0 unspecified atom stereocenters. The van der Waals surface area contributed by atoms with Crippen LogP contribution >= 0.6 is 0 Å². The number of carbonyl (C=O) groups excluding carboxylic acids is 1. The van der Waals surface area contributed by atoms with E-state index in [0.717, 1.165) is 19.3 Å². The van der Waals surface area contributed by atoms with Gasteiger partial charge in [-0.05, 0) is 26.2 Å². The maximum absolute atomic E-state index is 10.8. The van der Waals surface area contributed by atoms with Crippen LogP contribution in [-0.2, 0) is 14.3 Å². The fraction of sp³-hybridized carbons (Fsp3) is 0.909. The fourth-order valence-electron chi connectivity index (χ4n) is 1.26. The Morgan fingerprint density at radius 3 is 2.67 bits per heavy atom. The predicted molar refractivity (Wildman–Crippen MR) is 57.6 cm³/mol. The summed E-state index contributed by atoms with van der Waals surface area (Å²) in [4.78, 5) is 10.8. The third kappa shape index (κ3) is 9.69. The highest BCUT2D eigenvalue weighted by molar-refractivity contribution is 5.68. The molecule has 15 heavy (non-hydrogen) atoms. The van der Waals surface area contributed by atoms with Crippen molar-refractivity contribution >= 4 is 5.97 Å². The van der Waals surface area contributed by atoms with Crippen LogP contribution in [0.5, 0.6) is 0 Å². The smallest absolute Gasteiger partial charge is 0.305 e. The van der Waals surface area contributed by atoms with Gasteiger partial charge in [-0.1, -0.05) is 6.42 Å². The second-order valence-electron chi connectivity index (χ2n) is 3.46. The van der Waals surface area contributed by atoms with Crippen LogP contribution in [0, 0.1) is 0 Å². The lowest BCUT2D eigenvalue weighted by Gasteiger charge is -2.09. The van der Waals surface area contributed by atoms with Gasteiger partial charge in [0.05, 0.1) is 13.2 Å². The molecule has 0 heterocycles. The molecule has 90 valence electrons. The summed E-state index contributed by atoms with van der Waals surface area (Å²) < 4.78 is 9.65. The van der Waals surface area contributed by atoms with Crippen LogP contribution in [0.3, 0.4) is 0 Å². The van der Waals surface area contributed by atoms with E-state index in [0.29, 0.717) is 26.1 Å². The first kappa shape index (κ1) is 14.4. The fourth-order valence-corrected chi connectivity index (χ4v) is 1.26. The van der Waals surface area contributed by atoms with Crippen LogP contribution in [-0.4, -0.2) is 37.5 Å². The zero-order valence-electron chi connectivity index (χ0n) is 9.70. The molecule has 0 aliphatic carbocycles. The minimum atomic E-state index is -0.311. The molecule has 0 saturated carbocycles. The molecule has 4 heteroatoms. The number of rotatable bonds is 9.